The van der Waals surface area contributed by atoms with Crippen LogP contribution in [0.4, 0.5) is 4.79 Å². The van der Waals surface area contributed by atoms with Crippen LogP contribution in [0.25, 0.3) is 0 Å². The number of aliphatic imine (C=N–C) groups is 1. The van der Waals surface area contributed by atoms with E-state index in [2.05, 4.69) is 28.0 Å². The van der Waals surface area contributed by atoms with Gasteiger partial charge in [0, 0.05) is 45.4 Å². The van der Waals surface area contributed by atoms with Crippen molar-refractivity contribution in [3.63, 3.8) is 0 Å². The second-order valence-electron chi connectivity index (χ2n) is 6.72. The van der Waals surface area contributed by atoms with E-state index in [1.54, 1.807) is 14.0 Å². The first-order valence-electron chi connectivity index (χ1n) is 9.57. The van der Waals surface area contributed by atoms with Crippen molar-refractivity contribution in [3.8, 4) is 24.7 Å². The quantitative estimate of drug-likeness (QED) is 0.399. The first kappa shape index (κ1) is 30.9. The normalized spacial score (nSPS) is 13.8. The zero-order valence-corrected chi connectivity index (χ0v) is 19.7. The number of ether oxygens (including phenoxy) is 1. The smallest absolute Gasteiger partial charge is 0.350 e. The Morgan fingerprint density at radius 2 is 1.34 bits per heavy atom. The van der Waals surface area contributed by atoms with Gasteiger partial charge >= 0.3 is 6.03 Å². The minimum absolute atomic E-state index is 0.207. The highest BCUT2D eigenvalue weighted by atomic mass is 16.5. The lowest BCUT2D eigenvalue weighted by atomic mass is 10.5. The van der Waals surface area contributed by atoms with Crippen molar-refractivity contribution in [2.75, 3.05) is 68.1 Å². The average molecular weight is 448 g/mol. The van der Waals surface area contributed by atoms with Gasteiger partial charge in [-0.2, -0.15) is 4.99 Å². The Hall–Kier alpha value is -3.31. The monoisotopic (exact) mass is 447 g/mol. The number of hydrogen-bond donors (Lipinski definition) is 0. The van der Waals surface area contributed by atoms with Crippen LogP contribution in [0.1, 0.15) is 6.92 Å². The van der Waals surface area contributed by atoms with E-state index in [4.69, 9.17) is 6.42 Å². The van der Waals surface area contributed by atoms with Crippen molar-refractivity contribution in [2.24, 2.45) is 4.99 Å². The lowest BCUT2D eigenvalue weighted by molar-refractivity contribution is -0.136. The van der Waals surface area contributed by atoms with Gasteiger partial charge in [-0.3, -0.25) is 24.2 Å². The van der Waals surface area contributed by atoms with Crippen molar-refractivity contribution in [1.82, 2.24) is 19.6 Å². The Labute approximate surface area is 190 Å². The topological polar surface area (TPSA) is 103 Å². The van der Waals surface area contributed by atoms with Crippen molar-refractivity contribution >= 4 is 30.0 Å². The zero-order valence-electron chi connectivity index (χ0n) is 19.7. The van der Waals surface area contributed by atoms with Crippen molar-refractivity contribution in [3.05, 3.63) is 12.2 Å². The molecule has 0 saturated carbocycles. The Morgan fingerprint density at radius 1 is 0.906 bits per heavy atom. The maximum atomic E-state index is 11.0. The number of methoxy groups -OCH3 is 1. The summed E-state index contributed by atoms with van der Waals surface area (Å²) in [5, 5.41) is 0. The van der Waals surface area contributed by atoms with Gasteiger partial charge in [0.05, 0.1) is 6.21 Å². The molecule has 32 heavy (non-hydrogen) atoms. The van der Waals surface area contributed by atoms with Gasteiger partial charge in [0.1, 0.15) is 6.61 Å². The molecule has 0 aromatic carbocycles. The van der Waals surface area contributed by atoms with Gasteiger partial charge in [0.15, 0.2) is 0 Å². The number of likely N-dealkylation sites (N-methyl/N-ethyl adjacent to an activating group) is 2. The van der Waals surface area contributed by atoms with E-state index < -0.39 is 6.03 Å². The van der Waals surface area contributed by atoms with Crippen LogP contribution in [0.3, 0.4) is 0 Å². The van der Waals surface area contributed by atoms with Crippen LogP contribution in [0, 0.1) is 24.7 Å². The second-order valence-corrected chi connectivity index (χ2v) is 6.72. The van der Waals surface area contributed by atoms with Crippen molar-refractivity contribution in [1.29, 1.82) is 0 Å². The number of amides is 5. The maximum Gasteiger partial charge on any atom is 0.350 e. The third kappa shape index (κ3) is 14.6. The highest BCUT2D eigenvalue weighted by molar-refractivity contribution is 6.35. The Kier molecular flexibility index (Phi) is 17.8. The number of rotatable bonds is 7. The number of carbonyl (C=O) groups is 4. The van der Waals surface area contributed by atoms with E-state index >= 15 is 0 Å². The first-order valence-corrected chi connectivity index (χ1v) is 9.57. The highest BCUT2D eigenvalue weighted by Crippen LogP contribution is 2.02. The Bertz CT molecular complexity index is 674. The van der Waals surface area contributed by atoms with Crippen LogP contribution in [0.5, 0.6) is 0 Å². The van der Waals surface area contributed by atoms with E-state index in [1.165, 1.54) is 17.1 Å². The largest absolute Gasteiger partial charge is 0.372 e. The van der Waals surface area contributed by atoms with Crippen LogP contribution in [-0.2, 0) is 19.1 Å². The fourth-order valence-corrected chi connectivity index (χ4v) is 1.88. The molecule has 2 rings (SSSR count). The highest BCUT2D eigenvalue weighted by Gasteiger charge is 2.24. The predicted molar refractivity (Wildman–Crippen MR) is 124 cm³/mol. The summed E-state index contributed by atoms with van der Waals surface area (Å²) in [5.74, 6) is 3.81. The molecule has 176 valence electrons. The molecule has 2 aliphatic rings. The molecule has 0 N–H and O–H groups in total. The molecule has 0 aliphatic carbocycles. The van der Waals surface area contributed by atoms with E-state index in [0.717, 1.165) is 11.1 Å². The van der Waals surface area contributed by atoms with Crippen LogP contribution in [-0.4, -0.2) is 118 Å². The second kappa shape index (κ2) is 18.5. The third-order valence-corrected chi connectivity index (χ3v) is 3.45. The van der Waals surface area contributed by atoms with Crippen molar-refractivity contribution < 1.29 is 23.9 Å². The molecule has 0 unspecified atom stereocenters. The van der Waals surface area contributed by atoms with Gasteiger partial charge in [-0.05, 0) is 35.1 Å². The van der Waals surface area contributed by atoms with E-state index in [9.17, 15) is 19.2 Å². The Balaban J connectivity index is 0. The molecule has 0 aromatic heterocycles. The van der Waals surface area contributed by atoms with Gasteiger partial charge in [0.25, 0.3) is 17.7 Å². The van der Waals surface area contributed by atoms with Crippen LogP contribution >= 0.6 is 0 Å². The number of terminal acetylenes is 2. The standard InChI is InChI=1S/C8H12N2O2.C7H11N3O2.C4H6O.C3H4/c1-9(2)5-6-10-7(11)3-4-8(10)12;1-9(2)3-4-10-6(11)5-8-7(10)12;1-3-4-5-2;1-3-2/h3-4H,5-6H2,1-2H3;5H,3-4H2,1-2H3;1H,4H2,2H3;1H,2H3. The molecule has 10 nitrogen and oxygen atoms in total. The molecule has 2 aliphatic heterocycles. The number of hydrogen-bond acceptors (Lipinski definition) is 7. The molecule has 2 heterocycles. The summed E-state index contributed by atoms with van der Waals surface area (Å²) >= 11 is 0. The SMILES string of the molecule is C#CC.C#CCOC.CN(C)CCN1C(=O)C=CC1=O.CN(C)CCN1C(=O)C=NC1=O. The van der Waals surface area contributed by atoms with E-state index in [-0.39, 0.29) is 17.7 Å². The molecule has 0 fully saturated rings. The van der Waals surface area contributed by atoms with Gasteiger partial charge in [0.2, 0.25) is 0 Å². The van der Waals surface area contributed by atoms with Gasteiger partial charge < -0.3 is 14.5 Å². The van der Waals surface area contributed by atoms with Gasteiger partial charge in [-0.15, -0.1) is 18.8 Å². The molecular weight excluding hydrogens is 414 g/mol. The molecule has 0 bridgehead atoms. The molecule has 0 spiro atoms. The summed E-state index contributed by atoms with van der Waals surface area (Å²) in [4.78, 5) is 53.4. The van der Waals surface area contributed by atoms with Crippen LogP contribution in [0.2, 0.25) is 0 Å². The molecule has 10 heteroatoms. The average Bonchev–Trinajstić information content (AvgIpc) is 3.21. The summed E-state index contributed by atoms with van der Waals surface area (Å²) in [7, 11) is 9.13. The number of nitrogens with zero attached hydrogens (tertiary/aromatic N) is 5. The number of urea groups is 1. The molecule has 0 radical (unpaired) electrons. The van der Waals surface area contributed by atoms with Crippen LogP contribution < -0.4 is 0 Å². The maximum absolute atomic E-state index is 11.0. The minimum atomic E-state index is -0.457. The van der Waals surface area contributed by atoms with E-state index in [1.807, 2.05) is 38.0 Å². The lowest BCUT2D eigenvalue weighted by Gasteiger charge is -2.16. The zero-order chi connectivity index (χ0) is 25.1. The van der Waals surface area contributed by atoms with Gasteiger partial charge in [-0.25, -0.2) is 4.79 Å². The minimum Gasteiger partial charge on any atom is -0.372 e. The van der Waals surface area contributed by atoms with Gasteiger partial charge in [-0.1, -0.05) is 5.92 Å². The van der Waals surface area contributed by atoms with Crippen LogP contribution in [0.15, 0.2) is 17.1 Å². The summed E-state index contributed by atoms with van der Waals surface area (Å²) in [6.45, 7) is 4.32. The summed E-state index contributed by atoms with van der Waals surface area (Å²) in [5.41, 5.74) is 0. The summed E-state index contributed by atoms with van der Waals surface area (Å²) in [6.07, 6.45) is 13.0. The van der Waals surface area contributed by atoms with E-state index in [0.29, 0.717) is 32.8 Å². The van der Waals surface area contributed by atoms with Crippen molar-refractivity contribution in [2.45, 2.75) is 6.92 Å². The number of carbonyl (C=O) groups excluding carboxylic acids is 4. The molecule has 0 atom stereocenters. The molecule has 0 aromatic rings. The third-order valence-electron chi connectivity index (χ3n) is 3.45. The first-order chi connectivity index (χ1) is 15.0. The molecule has 0 saturated heterocycles. The summed E-state index contributed by atoms with van der Waals surface area (Å²) in [6, 6.07) is -0.457. The Morgan fingerprint density at radius 3 is 1.62 bits per heavy atom. The number of imide groups is 2. The molecular formula is C22H33N5O5. The lowest BCUT2D eigenvalue weighted by Crippen LogP contribution is -2.36. The fraction of sp³-hybridized carbons (Fsp3) is 0.500. The summed E-state index contributed by atoms with van der Waals surface area (Å²) < 4.78 is 4.45. The molecule has 5 amide bonds. The predicted octanol–water partition coefficient (Wildman–Crippen LogP) is -0.0405. The fourth-order valence-electron chi connectivity index (χ4n) is 1.88.